The highest BCUT2D eigenvalue weighted by atomic mass is 32.2. The SMILES string of the molecule is Cc1cccc(-c2nnc(SCC(=O)Nc3sccc3C(N)=O)o2)c1. The van der Waals surface area contributed by atoms with Crippen LogP contribution in [0.5, 0.6) is 0 Å². The maximum Gasteiger partial charge on any atom is 0.277 e. The number of amides is 2. The van der Waals surface area contributed by atoms with Crippen LogP contribution in [0.15, 0.2) is 45.4 Å². The molecule has 7 nitrogen and oxygen atoms in total. The number of carbonyl (C=O) groups is 2. The van der Waals surface area contributed by atoms with Crippen molar-refractivity contribution in [1.82, 2.24) is 10.2 Å². The number of thioether (sulfide) groups is 1. The molecule has 0 aliphatic heterocycles. The van der Waals surface area contributed by atoms with Gasteiger partial charge in [0, 0.05) is 5.56 Å². The van der Waals surface area contributed by atoms with E-state index < -0.39 is 5.91 Å². The summed E-state index contributed by atoms with van der Waals surface area (Å²) in [6.07, 6.45) is 0. The van der Waals surface area contributed by atoms with Gasteiger partial charge in [0.1, 0.15) is 5.00 Å². The zero-order chi connectivity index (χ0) is 17.8. The minimum atomic E-state index is -0.580. The molecular formula is C16H14N4O3S2. The van der Waals surface area contributed by atoms with Crippen LogP contribution in [0.3, 0.4) is 0 Å². The minimum Gasteiger partial charge on any atom is -0.411 e. The number of nitrogens with two attached hydrogens (primary N) is 1. The molecule has 0 aliphatic rings. The molecule has 25 heavy (non-hydrogen) atoms. The van der Waals surface area contributed by atoms with Gasteiger partial charge in [0.15, 0.2) is 0 Å². The van der Waals surface area contributed by atoms with E-state index in [0.717, 1.165) is 22.9 Å². The first kappa shape index (κ1) is 17.2. The van der Waals surface area contributed by atoms with Crippen LogP contribution in [0.4, 0.5) is 5.00 Å². The number of hydrogen-bond donors (Lipinski definition) is 2. The summed E-state index contributed by atoms with van der Waals surface area (Å²) < 4.78 is 5.56. The topological polar surface area (TPSA) is 111 Å². The van der Waals surface area contributed by atoms with Gasteiger partial charge in [-0.15, -0.1) is 21.5 Å². The molecule has 3 rings (SSSR count). The lowest BCUT2D eigenvalue weighted by molar-refractivity contribution is -0.113. The van der Waals surface area contributed by atoms with E-state index >= 15 is 0 Å². The van der Waals surface area contributed by atoms with Crippen molar-refractivity contribution < 1.29 is 14.0 Å². The van der Waals surface area contributed by atoms with Crippen molar-refractivity contribution in [2.24, 2.45) is 5.73 Å². The summed E-state index contributed by atoms with van der Waals surface area (Å²) in [5.41, 5.74) is 7.46. The van der Waals surface area contributed by atoms with Crippen LogP contribution in [-0.4, -0.2) is 27.8 Å². The van der Waals surface area contributed by atoms with E-state index in [2.05, 4.69) is 15.5 Å². The number of thiophene rings is 1. The smallest absolute Gasteiger partial charge is 0.277 e. The molecule has 0 aliphatic carbocycles. The molecule has 0 saturated heterocycles. The van der Waals surface area contributed by atoms with E-state index in [0.29, 0.717) is 21.7 Å². The number of primary amides is 1. The monoisotopic (exact) mass is 374 g/mol. The first-order valence-electron chi connectivity index (χ1n) is 7.23. The molecular weight excluding hydrogens is 360 g/mol. The molecule has 2 amide bonds. The van der Waals surface area contributed by atoms with Gasteiger partial charge in [-0.3, -0.25) is 9.59 Å². The first-order chi connectivity index (χ1) is 12.0. The lowest BCUT2D eigenvalue weighted by Gasteiger charge is -2.02. The van der Waals surface area contributed by atoms with Crippen molar-refractivity contribution in [3.63, 3.8) is 0 Å². The Hall–Kier alpha value is -2.65. The fraction of sp³-hybridized carbons (Fsp3) is 0.125. The number of aryl methyl sites for hydroxylation is 1. The number of benzene rings is 1. The molecule has 3 aromatic rings. The second-order valence-corrected chi connectivity index (χ2v) is 6.95. The maximum atomic E-state index is 12.0. The molecule has 0 unspecified atom stereocenters. The van der Waals surface area contributed by atoms with Crippen molar-refractivity contribution in [3.8, 4) is 11.5 Å². The average Bonchev–Trinajstić information content (AvgIpc) is 3.22. The van der Waals surface area contributed by atoms with Crippen LogP contribution in [-0.2, 0) is 4.79 Å². The number of anilines is 1. The van der Waals surface area contributed by atoms with E-state index in [9.17, 15) is 9.59 Å². The Kier molecular flexibility index (Phi) is 5.15. The Morgan fingerprint density at radius 3 is 2.92 bits per heavy atom. The Labute approximate surface area is 151 Å². The van der Waals surface area contributed by atoms with E-state index in [1.165, 1.54) is 11.3 Å². The molecule has 0 atom stereocenters. The summed E-state index contributed by atoms with van der Waals surface area (Å²) in [6, 6.07) is 9.28. The van der Waals surface area contributed by atoms with Crippen LogP contribution in [0.1, 0.15) is 15.9 Å². The Bertz CT molecular complexity index is 920. The Balaban J connectivity index is 1.59. The molecule has 2 heterocycles. The molecule has 0 radical (unpaired) electrons. The molecule has 1 aromatic carbocycles. The van der Waals surface area contributed by atoms with Gasteiger partial charge in [-0.25, -0.2) is 0 Å². The third-order valence-electron chi connectivity index (χ3n) is 3.18. The second kappa shape index (κ2) is 7.49. The highest BCUT2D eigenvalue weighted by molar-refractivity contribution is 7.99. The van der Waals surface area contributed by atoms with E-state index in [1.54, 1.807) is 11.4 Å². The van der Waals surface area contributed by atoms with Gasteiger partial charge in [0.2, 0.25) is 11.8 Å². The zero-order valence-corrected chi connectivity index (χ0v) is 14.8. The fourth-order valence-corrected chi connectivity index (χ4v) is 3.42. The van der Waals surface area contributed by atoms with Crippen LogP contribution in [0.25, 0.3) is 11.5 Å². The van der Waals surface area contributed by atoms with Crippen LogP contribution in [0.2, 0.25) is 0 Å². The van der Waals surface area contributed by atoms with E-state index in [-0.39, 0.29) is 11.7 Å². The van der Waals surface area contributed by atoms with Crippen LogP contribution >= 0.6 is 23.1 Å². The van der Waals surface area contributed by atoms with Crippen molar-refractivity contribution in [2.75, 3.05) is 11.1 Å². The fourth-order valence-electron chi connectivity index (χ4n) is 2.05. The zero-order valence-electron chi connectivity index (χ0n) is 13.2. The van der Waals surface area contributed by atoms with E-state index in [1.807, 2.05) is 31.2 Å². The predicted octanol–water partition coefficient (Wildman–Crippen LogP) is 2.94. The standard InChI is InChI=1S/C16H14N4O3S2/c1-9-3-2-4-10(7-9)14-19-20-16(23-14)25-8-12(21)18-15-11(13(17)22)5-6-24-15/h2-7H,8H2,1H3,(H2,17,22)(H,18,21). The summed E-state index contributed by atoms with van der Waals surface area (Å²) in [7, 11) is 0. The largest absolute Gasteiger partial charge is 0.411 e. The summed E-state index contributed by atoms with van der Waals surface area (Å²) in [6.45, 7) is 1.98. The average molecular weight is 374 g/mol. The molecule has 2 aromatic heterocycles. The molecule has 0 spiro atoms. The van der Waals surface area contributed by atoms with Gasteiger partial charge in [0.25, 0.3) is 11.1 Å². The van der Waals surface area contributed by atoms with Crippen LogP contribution < -0.4 is 11.1 Å². The number of aromatic nitrogens is 2. The summed E-state index contributed by atoms with van der Waals surface area (Å²) in [5.74, 6) is -0.388. The number of rotatable bonds is 6. The van der Waals surface area contributed by atoms with Gasteiger partial charge in [-0.1, -0.05) is 29.5 Å². The highest BCUT2D eigenvalue weighted by Crippen LogP contribution is 2.25. The Morgan fingerprint density at radius 1 is 1.32 bits per heavy atom. The summed E-state index contributed by atoms with van der Waals surface area (Å²) in [5, 5.41) is 13.0. The van der Waals surface area contributed by atoms with Gasteiger partial charge in [-0.05, 0) is 30.5 Å². The molecule has 0 fully saturated rings. The molecule has 3 N–H and O–H groups in total. The number of carbonyl (C=O) groups excluding carboxylic acids is 2. The van der Waals surface area contributed by atoms with Crippen molar-refractivity contribution in [3.05, 3.63) is 46.8 Å². The van der Waals surface area contributed by atoms with Crippen molar-refractivity contribution >= 4 is 39.9 Å². The summed E-state index contributed by atoms with van der Waals surface area (Å²) in [4.78, 5) is 23.3. The lowest BCUT2D eigenvalue weighted by atomic mass is 10.1. The minimum absolute atomic E-state index is 0.0750. The molecule has 0 bridgehead atoms. The van der Waals surface area contributed by atoms with Gasteiger partial charge in [0.05, 0.1) is 11.3 Å². The van der Waals surface area contributed by atoms with Crippen molar-refractivity contribution in [2.45, 2.75) is 12.1 Å². The molecule has 0 saturated carbocycles. The van der Waals surface area contributed by atoms with Crippen molar-refractivity contribution in [1.29, 1.82) is 0 Å². The molecule has 9 heteroatoms. The quantitative estimate of drug-likeness (QED) is 0.642. The first-order valence-corrected chi connectivity index (χ1v) is 9.10. The van der Waals surface area contributed by atoms with Gasteiger partial charge < -0.3 is 15.5 Å². The molecule has 128 valence electrons. The lowest BCUT2D eigenvalue weighted by Crippen LogP contribution is -2.17. The maximum absolute atomic E-state index is 12.0. The second-order valence-electron chi connectivity index (χ2n) is 5.11. The number of hydrogen-bond acceptors (Lipinski definition) is 7. The number of nitrogens with one attached hydrogen (secondary N) is 1. The van der Waals surface area contributed by atoms with Gasteiger partial charge >= 0.3 is 0 Å². The summed E-state index contributed by atoms with van der Waals surface area (Å²) >= 11 is 2.36. The predicted molar refractivity (Wildman–Crippen MR) is 96.7 cm³/mol. The van der Waals surface area contributed by atoms with Crippen LogP contribution in [0, 0.1) is 6.92 Å². The van der Waals surface area contributed by atoms with Gasteiger partial charge in [-0.2, -0.15) is 0 Å². The third kappa shape index (κ3) is 4.25. The van der Waals surface area contributed by atoms with E-state index in [4.69, 9.17) is 10.2 Å². The highest BCUT2D eigenvalue weighted by Gasteiger charge is 2.14. The number of nitrogens with zero attached hydrogens (tertiary/aromatic N) is 2. The normalized spacial score (nSPS) is 10.6. The Morgan fingerprint density at radius 2 is 2.16 bits per heavy atom. The third-order valence-corrected chi connectivity index (χ3v) is 4.83.